The number of hydrogen-bond donors (Lipinski definition) is 4. The Morgan fingerprint density at radius 2 is 0.894 bits per heavy atom. The number of carbonyl (C=O) groups excluding carboxylic acids is 4. The Bertz CT molecular complexity index is 2150. The molecule has 10 atom stereocenters. The average Bonchev–Trinajstić information content (AvgIpc) is 4.13. The number of nitrogens with one attached hydrogen (secondary N) is 4. The molecule has 4 N–H and O–H groups in total. The van der Waals surface area contributed by atoms with Crippen LogP contribution >= 0.6 is 0 Å². The molecule has 354 valence electrons. The van der Waals surface area contributed by atoms with E-state index in [4.69, 9.17) is 28.9 Å². The van der Waals surface area contributed by atoms with Crippen molar-refractivity contribution in [2.24, 2.45) is 11.8 Å². The van der Waals surface area contributed by atoms with Gasteiger partial charge in [-0.05, 0) is 127 Å². The van der Waals surface area contributed by atoms with Crippen LogP contribution in [0.25, 0.3) is 33.6 Å². The maximum atomic E-state index is 14.4. The van der Waals surface area contributed by atoms with Gasteiger partial charge in [-0.15, -0.1) is 0 Å². The molecule has 2 aromatic heterocycles. The average molecular weight is 907 g/mol. The first-order valence-corrected chi connectivity index (χ1v) is 23.7. The Balaban J connectivity index is 0.936. The highest BCUT2D eigenvalue weighted by Crippen LogP contribution is 2.40. The molecule has 1 unspecified atom stereocenters. The molecule has 0 aliphatic carbocycles. The summed E-state index contributed by atoms with van der Waals surface area (Å²) < 4.78 is 21.8. The summed E-state index contributed by atoms with van der Waals surface area (Å²) in [5.74, 6) is 1.01. The Hall–Kier alpha value is -5.74. The first-order valence-electron chi connectivity index (χ1n) is 23.7. The minimum Gasteiger partial charge on any atom is -0.453 e. The minimum atomic E-state index is -0.737. The zero-order valence-electron chi connectivity index (χ0n) is 39.4. The van der Waals surface area contributed by atoms with Crippen molar-refractivity contribution in [2.75, 3.05) is 14.2 Å². The molecule has 16 heteroatoms. The Morgan fingerprint density at radius 1 is 0.561 bits per heavy atom. The number of carbonyl (C=O) groups is 4. The molecule has 16 nitrogen and oxygen atoms in total. The number of alkyl carbamates (subject to hydrolysis) is 2. The third-order valence-electron chi connectivity index (χ3n) is 14.3. The summed E-state index contributed by atoms with van der Waals surface area (Å²) >= 11 is 0. The molecule has 0 radical (unpaired) electrons. The van der Waals surface area contributed by atoms with E-state index in [1.807, 2.05) is 49.9 Å². The van der Waals surface area contributed by atoms with Gasteiger partial charge in [-0.3, -0.25) is 9.59 Å². The number of methoxy groups -OCH3 is 2. The van der Waals surface area contributed by atoms with Crippen LogP contribution in [0.4, 0.5) is 9.59 Å². The second-order valence-electron chi connectivity index (χ2n) is 19.1. The van der Waals surface area contributed by atoms with Crippen LogP contribution in [0.3, 0.4) is 0 Å². The highest BCUT2D eigenvalue weighted by atomic mass is 16.5. The number of hydrogen-bond acceptors (Lipinski definition) is 10. The monoisotopic (exact) mass is 907 g/mol. The predicted octanol–water partition coefficient (Wildman–Crippen LogP) is 8.09. The van der Waals surface area contributed by atoms with E-state index in [-0.39, 0.29) is 72.2 Å². The lowest BCUT2D eigenvalue weighted by atomic mass is 9.85. The van der Waals surface area contributed by atoms with E-state index < -0.39 is 24.3 Å². The molecular formula is C50H66N8O8. The Morgan fingerprint density at radius 3 is 1.23 bits per heavy atom. The fraction of sp³-hybridized carbons (Fsp3) is 0.560. The van der Waals surface area contributed by atoms with Crippen molar-refractivity contribution >= 4 is 24.0 Å². The molecule has 6 heterocycles. The van der Waals surface area contributed by atoms with E-state index in [9.17, 15) is 19.2 Å². The van der Waals surface area contributed by atoms with Crippen LogP contribution in [0.15, 0.2) is 60.9 Å². The number of aromatic amines is 2. The van der Waals surface area contributed by atoms with Gasteiger partial charge in [-0.25, -0.2) is 19.6 Å². The third-order valence-corrected chi connectivity index (χ3v) is 14.3. The summed E-state index contributed by atoms with van der Waals surface area (Å²) in [6.07, 6.45) is 8.10. The molecule has 4 aromatic rings. The molecule has 4 aliphatic heterocycles. The van der Waals surface area contributed by atoms with Crippen LogP contribution in [0, 0.1) is 11.8 Å². The first kappa shape index (κ1) is 46.8. The van der Waals surface area contributed by atoms with Gasteiger partial charge in [0.1, 0.15) is 23.7 Å². The largest absolute Gasteiger partial charge is 0.453 e. The van der Waals surface area contributed by atoms with Crippen molar-refractivity contribution < 1.29 is 38.1 Å². The normalized spacial score (nSPS) is 28.7. The van der Waals surface area contributed by atoms with Gasteiger partial charge < -0.3 is 49.3 Å². The van der Waals surface area contributed by atoms with Crippen molar-refractivity contribution in [1.82, 2.24) is 40.4 Å². The van der Waals surface area contributed by atoms with Crippen LogP contribution in [0.1, 0.15) is 117 Å². The fourth-order valence-electron chi connectivity index (χ4n) is 11.2. The minimum absolute atomic E-state index is 0.0242. The number of H-pyrrole nitrogens is 2. The van der Waals surface area contributed by atoms with E-state index in [1.165, 1.54) is 14.2 Å². The molecule has 4 fully saturated rings. The van der Waals surface area contributed by atoms with Crippen LogP contribution in [0.5, 0.6) is 0 Å². The Labute approximate surface area is 387 Å². The lowest BCUT2D eigenvalue weighted by Gasteiger charge is -2.39. The van der Waals surface area contributed by atoms with Crippen LogP contribution in [-0.4, -0.2) is 117 Å². The van der Waals surface area contributed by atoms with Crippen molar-refractivity contribution in [3.63, 3.8) is 0 Å². The van der Waals surface area contributed by atoms with Crippen LogP contribution in [-0.2, 0) is 28.5 Å². The van der Waals surface area contributed by atoms with E-state index in [2.05, 4.69) is 83.0 Å². The maximum Gasteiger partial charge on any atom is 0.407 e. The topological polar surface area (TPSA) is 193 Å². The quantitative estimate of drug-likeness (QED) is 0.114. The number of aromatic nitrogens is 4. The molecule has 4 saturated heterocycles. The summed E-state index contributed by atoms with van der Waals surface area (Å²) in [5.41, 5.74) is 5.74. The maximum absolute atomic E-state index is 14.4. The highest BCUT2D eigenvalue weighted by Gasteiger charge is 2.46. The van der Waals surface area contributed by atoms with Crippen LogP contribution in [0.2, 0.25) is 0 Å². The van der Waals surface area contributed by atoms with E-state index in [1.54, 1.807) is 0 Å². The number of rotatable bonds is 11. The van der Waals surface area contributed by atoms with E-state index in [0.717, 1.165) is 71.0 Å². The second kappa shape index (κ2) is 20.0. The predicted molar refractivity (Wildman–Crippen MR) is 248 cm³/mol. The van der Waals surface area contributed by atoms with Crippen molar-refractivity contribution in [3.05, 3.63) is 72.6 Å². The van der Waals surface area contributed by atoms with Gasteiger partial charge in [0.25, 0.3) is 0 Å². The summed E-state index contributed by atoms with van der Waals surface area (Å²) in [5, 5.41) is 5.75. The molecule has 4 amide bonds. The van der Waals surface area contributed by atoms with Crippen molar-refractivity contribution in [3.8, 4) is 33.6 Å². The standard InChI is InChI=1S/C50H66N8O8/c1-27-9-19-41(57(27)47(59)43(55-49(61)63-7)37-21-29(3)65-30(4)22-37)45-51-25-39(53-45)35-15-11-33(12-16-35)34-13-17-36(18-14-34)40-26-52-46(54-40)42-20-10-28(2)58(42)48(60)44(56-50(62)64-8)38-23-31(5)66-32(6)24-38/h11-18,25-32,37-38,41-44H,9-10,19-24H2,1-8H3,(H,51,53)(H,52,54)(H,55,61)(H,56,62)/t27-,28-,29+,30+,31+,32+,41-,42-,43-,44?/m0/s1. The number of benzene rings is 2. The van der Waals surface area contributed by atoms with Gasteiger partial charge in [0.2, 0.25) is 11.8 Å². The summed E-state index contributed by atoms with van der Waals surface area (Å²) in [6, 6.07) is 14.5. The zero-order valence-corrected chi connectivity index (χ0v) is 39.4. The molecule has 2 aromatic carbocycles. The Kier molecular flexibility index (Phi) is 14.2. The van der Waals surface area contributed by atoms with Crippen molar-refractivity contribution in [2.45, 2.75) is 154 Å². The molecule has 66 heavy (non-hydrogen) atoms. The number of likely N-dealkylation sites (tertiary alicyclic amines) is 2. The van der Waals surface area contributed by atoms with Crippen molar-refractivity contribution in [1.29, 1.82) is 0 Å². The number of amides is 4. The zero-order chi connectivity index (χ0) is 46.8. The van der Waals surface area contributed by atoms with Gasteiger partial charge in [-0.2, -0.15) is 0 Å². The highest BCUT2D eigenvalue weighted by molar-refractivity contribution is 5.88. The van der Waals surface area contributed by atoms with E-state index >= 15 is 0 Å². The molecule has 4 aliphatic rings. The first-order chi connectivity index (χ1) is 31.7. The number of nitrogens with zero attached hydrogens (tertiary/aromatic N) is 4. The van der Waals surface area contributed by atoms with Gasteiger partial charge >= 0.3 is 12.2 Å². The van der Waals surface area contributed by atoms with Crippen LogP contribution < -0.4 is 10.6 Å². The smallest absolute Gasteiger partial charge is 0.407 e. The third kappa shape index (κ3) is 9.99. The summed E-state index contributed by atoms with van der Waals surface area (Å²) in [7, 11) is 2.63. The lowest BCUT2D eigenvalue weighted by molar-refractivity contribution is -0.141. The fourth-order valence-corrected chi connectivity index (χ4v) is 11.2. The molecule has 8 rings (SSSR count). The number of imidazole rings is 2. The molecular weight excluding hydrogens is 841 g/mol. The summed E-state index contributed by atoms with van der Waals surface area (Å²) in [6.45, 7) is 12.1. The molecule has 0 spiro atoms. The summed E-state index contributed by atoms with van der Waals surface area (Å²) in [4.78, 5) is 74.3. The van der Waals surface area contributed by atoms with Gasteiger partial charge in [0, 0.05) is 12.1 Å². The molecule has 0 bridgehead atoms. The van der Waals surface area contributed by atoms with E-state index in [0.29, 0.717) is 25.7 Å². The lowest BCUT2D eigenvalue weighted by Crippen LogP contribution is -2.55. The second-order valence-corrected chi connectivity index (χ2v) is 19.1. The molecule has 0 saturated carbocycles. The van der Waals surface area contributed by atoms with Gasteiger partial charge in [0.15, 0.2) is 0 Å². The SMILES string of the molecule is COC(=O)NC(C(=O)N1[C@@H](C)CC[C@H]1c1ncc(-c2ccc(-c3ccc(-c4cnc([C@@H]5CC[C@H](C)N5C(=O)[C@@H](NC(=O)OC)C5C[C@@H](C)O[C@H](C)C5)[nH]4)cc3)cc2)[nH]1)C1C[C@@H](C)O[C@H](C)C1. The van der Waals surface area contributed by atoms with Gasteiger partial charge in [0.05, 0.1) is 74.5 Å². The number of ether oxygens (including phenoxy) is 4. The van der Waals surface area contributed by atoms with Gasteiger partial charge in [-0.1, -0.05) is 48.5 Å².